The topological polar surface area (TPSA) is 72.0 Å². The zero-order valence-electron chi connectivity index (χ0n) is 17.5. The van der Waals surface area contributed by atoms with Gasteiger partial charge in [0.05, 0.1) is 16.5 Å². The van der Waals surface area contributed by atoms with Crippen LogP contribution in [-0.2, 0) is 10.0 Å². The minimum atomic E-state index is -3.10. The van der Waals surface area contributed by atoms with Crippen LogP contribution in [0.15, 0.2) is 42.5 Å². The van der Waals surface area contributed by atoms with Crippen molar-refractivity contribution >= 4 is 31.6 Å². The van der Waals surface area contributed by atoms with Crippen molar-refractivity contribution in [2.45, 2.75) is 25.4 Å². The molecule has 0 N–H and O–H groups in total. The number of fused-ring (bicyclic) bond motifs is 3. The summed E-state index contributed by atoms with van der Waals surface area (Å²) in [6.07, 6.45) is 2.22. The van der Waals surface area contributed by atoms with Crippen LogP contribution in [-0.4, -0.2) is 67.2 Å². The SMILES string of the molecule is Cc1ccc2sc(Oc3ccc(OCCN4C[C@@H]5C[C@H]4CN5S(C)(=O)=O)cc3)nc2c1. The highest BCUT2D eigenvalue weighted by atomic mass is 32.2. The molecule has 2 atom stereocenters. The molecule has 0 amide bonds. The fourth-order valence-corrected chi connectivity index (χ4v) is 6.39. The fraction of sp³-hybridized carbons (Fsp3) is 0.409. The summed E-state index contributed by atoms with van der Waals surface area (Å²) in [4.78, 5) is 6.87. The second-order valence-corrected chi connectivity index (χ2v) is 11.2. The largest absolute Gasteiger partial charge is 0.492 e. The summed E-state index contributed by atoms with van der Waals surface area (Å²) in [7, 11) is -3.10. The second kappa shape index (κ2) is 8.05. The normalized spacial score (nSPS) is 21.7. The number of thiazole rings is 1. The van der Waals surface area contributed by atoms with Crippen molar-refractivity contribution in [2.75, 3.05) is 32.5 Å². The van der Waals surface area contributed by atoms with Crippen molar-refractivity contribution in [2.24, 2.45) is 0 Å². The van der Waals surface area contributed by atoms with Crippen molar-refractivity contribution in [3.8, 4) is 16.7 Å². The molecule has 5 rings (SSSR count). The molecular weight excluding hydrogens is 434 g/mol. The Bertz CT molecular complexity index is 1190. The van der Waals surface area contributed by atoms with Crippen molar-refractivity contribution in [1.29, 1.82) is 0 Å². The van der Waals surface area contributed by atoms with Gasteiger partial charge >= 0.3 is 0 Å². The summed E-state index contributed by atoms with van der Waals surface area (Å²) >= 11 is 1.53. The summed E-state index contributed by atoms with van der Waals surface area (Å²) in [5, 5.41) is 0.626. The van der Waals surface area contributed by atoms with Crippen molar-refractivity contribution in [3.63, 3.8) is 0 Å². The molecule has 164 valence electrons. The molecule has 2 bridgehead atoms. The van der Waals surface area contributed by atoms with E-state index in [1.165, 1.54) is 23.2 Å². The predicted octanol–water partition coefficient (Wildman–Crippen LogP) is 3.49. The lowest BCUT2D eigenvalue weighted by Gasteiger charge is -2.32. The highest BCUT2D eigenvalue weighted by molar-refractivity contribution is 7.88. The molecule has 9 heteroatoms. The van der Waals surface area contributed by atoms with Gasteiger partial charge < -0.3 is 9.47 Å². The molecule has 1 aromatic heterocycles. The van der Waals surface area contributed by atoms with Crippen LogP contribution < -0.4 is 9.47 Å². The maximum Gasteiger partial charge on any atom is 0.279 e. The molecule has 0 unspecified atom stereocenters. The lowest BCUT2D eigenvalue weighted by molar-refractivity contribution is 0.153. The van der Waals surface area contributed by atoms with Crippen LogP contribution in [0, 0.1) is 6.92 Å². The molecule has 31 heavy (non-hydrogen) atoms. The van der Waals surface area contributed by atoms with Gasteiger partial charge in [0.1, 0.15) is 18.1 Å². The number of benzene rings is 2. The molecule has 0 radical (unpaired) electrons. The third kappa shape index (κ3) is 4.41. The number of aryl methyl sites for hydroxylation is 1. The van der Waals surface area contributed by atoms with Crippen LogP contribution in [0.1, 0.15) is 12.0 Å². The first-order chi connectivity index (χ1) is 14.8. The smallest absolute Gasteiger partial charge is 0.279 e. The van der Waals surface area contributed by atoms with Crippen LogP contribution in [0.4, 0.5) is 0 Å². The molecule has 2 aromatic carbocycles. The quantitative estimate of drug-likeness (QED) is 0.539. The van der Waals surface area contributed by atoms with Gasteiger partial charge in [-0.15, -0.1) is 0 Å². The maximum atomic E-state index is 11.8. The van der Waals surface area contributed by atoms with Crippen LogP contribution in [0.25, 0.3) is 10.2 Å². The Morgan fingerprint density at radius 3 is 2.58 bits per heavy atom. The molecule has 2 aliphatic heterocycles. The summed E-state index contributed by atoms with van der Waals surface area (Å²) in [6.45, 7) is 4.80. The van der Waals surface area contributed by atoms with E-state index in [2.05, 4.69) is 35.0 Å². The van der Waals surface area contributed by atoms with E-state index in [1.807, 2.05) is 24.3 Å². The number of aromatic nitrogens is 1. The molecule has 0 spiro atoms. The van der Waals surface area contributed by atoms with Gasteiger partial charge in [0.25, 0.3) is 5.19 Å². The van der Waals surface area contributed by atoms with Gasteiger partial charge in [0.2, 0.25) is 10.0 Å². The number of rotatable bonds is 7. The number of hydrogen-bond donors (Lipinski definition) is 0. The maximum absolute atomic E-state index is 11.8. The van der Waals surface area contributed by atoms with Gasteiger partial charge in [-0.2, -0.15) is 4.31 Å². The Balaban J connectivity index is 1.12. The van der Waals surface area contributed by atoms with Crippen molar-refractivity contribution < 1.29 is 17.9 Å². The van der Waals surface area contributed by atoms with E-state index in [0.29, 0.717) is 24.4 Å². The van der Waals surface area contributed by atoms with Crippen LogP contribution in [0.2, 0.25) is 0 Å². The average Bonchev–Trinajstić information content (AvgIpc) is 3.42. The van der Waals surface area contributed by atoms with Crippen LogP contribution in [0.5, 0.6) is 16.7 Å². The zero-order chi connectivity index (χ0) is 21.6. The Morgan fingerprint density at radius 1 is 1.10 bits per heavy atom. The van der Waals surface area contributed by atoms with E-state index in [1.54, 1.807) is 4.31 Å². The minimum absolute atomic E-state index is 0.114. The first-order valence-corrected chi connectivity index (χ1v) is 13.0. The third-order valence-electron chi connectivity index (χ3n) is 5.93. The Morgan fingerprint density at radius 2 is 1.87 bits per heavy atom. The molecule has 7 nitrogen and oxygen atoms in total. The molecule has 2 fully saturated rings. The van der Waals surface area contributed by atoms with Gasteiger partial charge in [-0.05, 0) is 55.3 Å². The highest BCUT2D eigenvalue weighted by Gasteiger charge is 2.46. The molecule has 2 aliphatic rings. The number of hydrogen-bond acceptors (Lipinski definition) is 7. The zero-order valence-corrected chi connectivity index (χ0v) is 19.2. The second-order valence-electron chi connectivity index (χ2n) is 8.24. The first kappa shape index (κ1) is 20.7. The van der Waals surface area contributed by atoms with Crippen LogP contribution >= 0.6 is 11.3 Å². The predicted molar refractivity (Wildman–Crippen MR) is 122 cm³/mol. The van der Waals surface area contributed by atoms with E-state index in [0.717, 1.165) is 41.2 Å². The molecule has 0 saturated carbocycles. The fourth-order valence-electron chi connectivity index (χ4n) is 4.44. The Labute approximate surface area is 186 Å². The highest BCUT2D eigenvalue weighted by Crippen LogP contribution is 2.33. The van der Waals surface area contributed by atoms with Gasteiger partial charge in [-0.3, -0.25) is 4.90 Å². The molecule has 2 saturated heterocycles. The minimum Gasteiger partial charge on any atom is -0.492 e. The summed E-state index contributed by atoms with van der Waals surface area (Å²) in [5.41, 5.74) is 2.13. The van der Waals surface area contributed by atoms with E-state index in [9.17, 15) is 8.42 Å². The standard InChI is InChI=1S/C22H25N3O4S2/c1-15-3-8-21-20(11-15)23-22(30-21)29-19-6-4-18(5-7-19)28-10-9-24-13-17-12-16(24)14-25(17)31(2,26)27/h3-8,11,16-17H,9-10,12-14H2,1-2H3/t16-,17-/m0/s1. The Kier molecular flexibility index (Phi) is 5.37. The summed E-state index contributed by atoms with van der Waals surface area (Å²) in [5.74, 6) is 1.51. The monoisotopic (exact) mass is 459 g/mol. The number of likely N-dealkylation sites (tertiary alicyclic amines) is 1. The van der Waals surface area contributed by atoms with E-state index >= 15 is 0 Å². The number of ether oxygens (including phenoxy) is 2. The summed E-state index contributed by atoms with van der Waals surface area (Å²) in [6, 6.07) is 14.2. The molecule has 3 heterocycles. The van der Waals surface area contributed by atoms with Gasteiger partial charge in [-0.25, -0.2) is 13.4 Å². The molecule has 3 aromatic rings. The number of sulfonamides is 1. The number of nitrogens with zero attached hydrogens (tertiary/aromatic N) is 3. The van der Waals surface area contributed by atoms with E-state index in [4.69, 9.17) is 9.47 Å². The first-order valence-electron chi connectivity index (χ1n) is 10.3. The third-order valence-corrected chi connectivity index (χ3v) is 8.14. The lowest BCUT2D eigenvalue weighted by atomic mass is 10.2. The van der Waals surface area contributed by atoms with E-state index < -0.39 is 10.0 Å². The average molecular weight is 460 g/mol. The molecule has 0 aliphatic carbocycles. The van der Waals surface area contributed by atoms with E-state index in [-0.39, 0.29) is 6.04 Å². The van der Waals surface area contributed by atoms with Gasteiger partial charge in [-0.1, -0.05) is 17.4 Å². The molecular formula is C22H25N3O4S2. The number of piperazine rings is 1. The van der Waals surface area contributed by atoms with Gasteiger partial charge in [0.15, 0.2) is 0 Å². The van der Waals surface area contributed by atoms with Gasteiger partial charge in [0, 0.05) is 31.7 Å². The van der Waals surface area contributed by atoms with Crippen molar-refractivity contribution in [1.82, 2.24) is 14.2 Å². The van der Waals surface area contributed by atoms with Crippen LogP contribution in [0.3, 0.4) is 0 Å². The summed E-state index contributed by atoms with van der Waals surface area (Å²) < 4.78 is 38.1. The van der Waals surface area contributed by atoms with Crippen molar-refractivity contribution in [3.05, 3.63) is 48.0 Å². The Hall–Kier alpha value is -2.20. The lowest BCUT2D eigenvalue weighted by Crippen LogP contribution is -2.49.